The van der Waals surface area contributed by atoms with Gasteiger partial charge in [-0.3, -0.25) is 0 Å². The summed E-state index contributed by atoms with van der Waals surface area (Å²) in [7, 11) is 0. The number of benzene rings is 1. The summed E-state index contributed by atoms with van der Waals surface area (Å²) in [5.41, 5.74) is 6.53. The Balaban J connectivity index is 3.02. The molecule has 1 unspecified atom stereocenters. The van der Waals surface area contributed by atoms with E-state index in [9.17, 15) is 13.2 Å². The molecule has 2 N–H and O–H groups in total. The molecule has 1 aromatic rings. The first-order chi connectivity index (χ1) is 8.16. The molecule has 0 bridgehead atoms. The number of alkyl halides is 3. The van der Waals surface area contributed by atoms with Gasteiger partial charge in [-0.25, -0.2) is 0 Å². The van der Waals surface area contributed by atoms with Gasteiger partial charge in [-0.05, 0) is 29.5 Å². The fraction of sp³-hybridized carbons (Fsp3) is 0.571. The van der Waals surface area contributed by atoms with Crippen LogP contribution in [0.1, 0.15) is 44.2 Å². The molecule has 1 atom stereocenters. The average molecular weight is 259 g/mol. The molecule has 4 heteroatoms. The first kappa shape index (κ1) is 15.0. The van der Waals surface area contributed by atoms with Crippen molar-refractivity contribution in [2.75, 3.05) is 6.54 Å². The van der Waals surface area contributed by atoms with Gasteiger partial charge < -0.3 is 5.73 Å². The van der Waals surface area contributed by atoms with Gasteiger partial charge in [0.25, 0.3) is 0 Å². The predicted octanol–water partition coefficient (Wildman–Crippen LogP) is 3.98. The molecular formula is C14H20F3N. The highest BCUT2D eigenvalue weighted by molar-refractivity contribution is 5.30. The first-order valence-corrected chi connectivity index (χ1v) is 6.03. The van der Waals surface area contributed by atoms with Crippen LogP contribution in [0.5, 0.6) is 0 Å². The minimum absolute atomic E-state index is 0.0329. The van der Waals surface area contributed by atoms with Crippen molar-refractivity contribution >= 4 is 0 Å². The summed E-state index contributed by atoms with van der Waals surface area (Å²) in [5, 5.41) is 0. The third kappa shape index (κ3) is 3.73. The highest BCUT2D eigenvalue weighted by Crippen LogP contribution is 2.37. The fourth-order valence-electron chi connectivity index (χ4n) is 1.90. The van der Waals surface area contributed by atoms with Crippen molar-refractivity contribution in [3.63, 3.8) is 0 Å². The topological polar surface area (TPSA) is 26.0 Å². The van der Waals surface area contributed by atoms with Crippen LogP contribution in [-0.4, -0.2) is 12.7 Å². The van der Waals surface area contributed by atoms with E-state index in [4.69, 9.17) is 5.73 Å². The summed E-state index contributed by atoms with van der Waals surface area (Å²) < 4.78 is 38.6. The minimum atomic E-state index is -4.23. The molecule has 1 aromatic carbocycles. The lowest BCUT2D eigenvalue weighted by atomic mass is 9.85. The zero-order valence-corrected chi connectivity index (χ0v) is 11.0. The zero-order valence-electron chi connectivity index (χ0n) is 11.0. The molecule has 1 nitrogen and oxygen atoms in total. The van der Waals surface area contributed by atoms with Crippen LogP contribution in [0.4, 0.5) is 13.2 Å². The molecule has 0 aliphatic rings. The monoisotopic (exact) mass is 259 g/mol. The second-order valence-electron chi connectivity index (χ2n) is 5.54. The van der Waals surface area contributed by atoms with Crippen LogP contribution in [0.3, 0.4) is 0 Å². The van der Waals surface area contributed by atoms with Crippen molar-refractivity contribution in [1.82, 2.24) is 0 Å². The van der Waals surface area contributed by atoms with Crippen molar-refractivity contribution in [3.8, 4) is 0 Å². The van der Waals surface area contributed by atoms with Crippen molar-refractivity contribution in [2.24, 2.45) is 5.73 Å². The van der Waals surface area contributed by atoms with Gasteiger partial charge in [-0.1, -0.05) is 45.0 Å². The average Bonchev–Trinajstić information content (AvgIpc) is 2.23. The summed E-state index contributed by atoms with van der Waals surface area (Å²) in [6, 6.07) is 6.66. The molecule has 18 heavy (non-hydrogen) atoms. The van der Waals surface area contributed by atoms with Crippen LogP contribution in [0, 0.1) is 0 Å². The minimum Gasteiger partial charge on any atom is -0.330 e. The maximum absolute atomic E-state index is 12.9. The Morgan fingerprint density at radius 3 is 1.89 bits per heavy atom. The Bertz CT molecular complexity index is 374. The number of rotatable bonds is 3. The number of halogens is 3. The van der Waals surface area contributed by atoms with E-state index < -0.39 is 12.1 Å². The molecule has 1 rings (SSSR count). The van der Waals surface area contributed by atoms with Gasteiger partial charge in [0.1, 0.15) is 0 Å². The van der Waals surface area contributed by atoms with Crippen molar-refractivity contribution < 1.29 is 13.2 Å². The van der Waals surface area contributed by atoms with Gasteiger partial charge in [0.15, 0.2) is 0 Å². The molecule has 0 aromatic heterocycles. The number of nitrogens with two attached hydrogens (primary N) is 1. The molecule has 0 fully saturated rings. The van der Waals surface area contributed by atoms with E-state index >= 15 is 0 Å². The summed E-state index contributed by atoms with van der Waals surface area (Å²) >= 11 is 0. The van der Waals surface area contributed by atoms with Crippen LogP contribution in [0.2, 0.25) is 0 Å². The standard InChI is InChI=1S/C14H20F3N/c1-13(2,3)11-6-4-10(5-7-11)12(8-9-18)14(15,16)17/h4-7,12H,8-9,18H2,1-3H3. The molecule has 0 amide bonds. The molecule has 0 heterocycles. The summed E-state index contributed by atoms with van der Waals surface area (Å²) in [4.78, 5) is 0. The molecule has 0 aliphatic carbocycles. The van der Waals surface area contributed by atoms with Crippen LogP contribution >= 0.6 is 0 Å². The normalized spacial score (nSPS) is 14.6. The van der Waals surface area contributed by atoms with Crippen LogP contribution in [0.15, 0.2) is 24.3 Å². The van der Waals surface area contributed by atoms with E-state index in [2.05, 4.69) is 0 Å². The zero-order chi connectivity index (χ0) is 14.0. The molecule has 0 saturated heterocycles. The Hall–Kier alpha value is -1.03. The summed E-state index contributed by atoms with van der Waals surface area (Å²) in [6.45, 7) is 6.13. The lowest BCUT2D eigenvalue weighted by molar-refractivity contribution is -0.151. The Labute approximate surface area is 106 Å². The van der Waals surface area contributed by atoms with E-state index in [1.165, 1.54) is 0 Å². The maximum Gasteiger partial charge on any atom is 0.395 e. The lowest BCUT2D eigenvalue weighted by Crippen LogP contribution is -2.23. The van der Waals surface area contributed by atoms with E-state index in [1.54, 1.807) is 24.3 Å². The van der Waals surface area contributed by atoms with Gasteiger partial charge in [-0.2, -0.15) is 13.2 Å². The van der Waals surface area contributed by atoms with Crippen molar-refractivity contribution in [1.29, 1.82) is 0 Å². The Kier molecular flexibility index (Phi) is 4.43. The van der Waals surface area contributed by atoms with E-state index in [-0.39, 0.29) is 18.4 Å². The van der Waals surface area contributed by atoms with Gasteiger partial charge in [-0.15, -0.1) is 0 Å². The van der Waals surface area contributed by atoms with E-state index in [0.29, 0.717) is 5.56 Å². The summed E-state index contributed by atoms with van der Waals surface area (Å²) in [6.07, 6.45) is -4.30. The molecule has 0 saturated carbocycles. The highest BCUT2D eigenvalue weighted by atomic mass is 19.4. The predicted molar refractivity (Wildman–Crippen MR) is 67.6 cm³/mol. The molecule has 0 spiro atoms. The smallest absolute Gasteiger partial charge is 0.330 e. The lowest BCUT2D eigenvalue weighted by Gasteiger charge is -2.23. The Morgan fingerprint density at radius 1 is 1.06 bits per heavy atom. The molecular weight excluding hydrogens is 239 g/mol. The SMILES string of the molecule is CC(C)(C)c1ccc(C(CCN)C(F)(F)F)cc1. The highest BCUT2D eigenvalue weighted by Gasteiger charge is 2.39. The van der Waals surface area contributed by atoms with Gasteiger partial charge in [0.2, 0.25) is 0 Å². The first-order valence-electron chi connectivity index (χ1n) is 6.03. The van der Waals surface area contributed by atoms with E-state index in [1.807, 2.05) is 20.8 Å². The quantitative estimate of drug-likeness (QED) is 0.873. The van der Waals surface area contributed by atoms with Crippen LogP contribution in [0.25, 0.3) is 0 Å². The summed E-state index contributed by atoms with van der Waals surface area (Å²) in [5.74, 6) is -1.46. The van der Waals surface area contributed by atoms with Crippen LogP contribution < -0.4 is 5.73 Å². The van der Waals surface area contributed by atoms with Crippen molar-refractivity contribution in [2.45, 2.75) is 44.7 Å². The van der Waals surface area contributed by atoms with Gasteiger partial charge in [0.05, 0.1) is 5.92 Å². The van der Waals surface area contributed by atoms with E-state index in [0.717, 1.165) is 5.56 Å². The fourth-order valence-corrected chi connectivity index (χ4v) is 1.90. The van der Waals surface area contributed by atoms with Gasteiger partial charge in [0, 0.05) is 0 Å². The second kappa shape index (κ2) is 5.31. The maximum atomic E-state index is 12.9. The second-order valence-corrected chi connectivity index (χ2v) is 5.54. The molecule has 0 radical (unpaired) electrons. The molecule has 102 valence electrons. The number of hydrogen-bond acceptors (Lipinski definition) is 1. The Morgan fingerprint density at radius 2 is 1.56 bits per heavy atom. The largest absolute Gasteiger partial charge is 0.395 e. The van der Waals surface area contributed by atoms with Crippen molar-refractivity contribution in [3.05, 3.63) is 35.4 Å². The third-order valence-corrected chi connectivity index (χ3v) is 3.03. The number of hydrogen-bond donors (Lipinski definition) is 1. The molecule has 0 aliphatic heterocycles. The third-order valence-electron chi connectivity index (χ3n) is 3.03. The van der Waals surface area contributed by atoms with Crippen LogP contribution in [-0.2, 0) is 5.41 Å². The van der Waals surface area contributed by atoms with Gasteiger partial charge >= 0.3 is 6.18 Å².